The lowest BCUT2D eigenvalue weighted by atomic mass is 9.87. The molecule has 0 aromatic heterocycles. The van der Waals surface area contributed by atoms with Crippen LogP contribution in [0.15, 0.2) is 30.3 Å². The second-order valence-corrected chi connectivity index (χ2v) is 8.16. The highest BCUT2D eigenvalue weighted by Crippen LogP contribution is 2.41. The zero-order chi connectivity index (χ0) is 19.8. The Morgan fingerprint density at radius 2 is 1.78 bits per heavy atom. The van der Waals surface area contributed by atoms with E-state index < -0.39 is 41.6 Å². The number of carbonyl (C=O) groups excluding carboxylic acids is 3. The fourth-order valence-corrected chi connectivity index (χ4v) is 4.03. The van der Waals surface area contributed by atoms with Crippen molar-refractivity contribution in [3.8, 4) is 0 Å². The minimum Gasteiger partial charge on any atom is -0.458 e. The molecule has 0 unspecified atom stereocenters. The van der Waals surface area contributed by atoms with Gasteiger partial charge in [0.05, 0.1) is 17.5 Å². The van der Waals surface area contributed by atoms with Crippen LogP contribution in [-0.4, -0.2) is 46.7 Å². The zero-order valence-corrected chi connectivity index (χ0v) is 15.9. The number of nitrogens with zero attached hydrogens (tertiary/aromatic N) is 1. The van der Waals surface area contributed by atoms with Gasteiger partial charge >= 0.3 is 12.1 Å². The van der Waals surface area contributed by atoms with Crippen LogP contribution < -0.4 is 5.73 Å². The lowest BCUT2D eigenvalue weighted by molar-refractivity contribution is -0.131. The lowest BCUT2D eigenvalue weighted by Gasteiger charge is -2.42. The van der Waals surface area contributed by atoms with Crippen molar-refractivity contribution in [1.82, 2.24) is 4.90 Å². The number of rotatable bonds is 3. The van der Waals surface area contributed by atoms with E-state index in [1.807, 2.05) is 6.07 Å². The molecule has 0 saturated carbocycles. The maximum atomic E-state index is 12.6. The number of hydrogen-bond donors (Lipinski definition) is 1. The standard InChI is InChI=1S/C20H26N2O5/c1-20(2,3)27-19(25)22-13-9-10-14(22)16(17(21)23)15(11-13)26-18(24)12-7-5-4-6-8-12/h4-8,13-16H,9-11H2,1-3H3,(H2,21,23)/t13-,14+,15-,16+/m0/s1. The van der Waals surface area contributed by atoms with Gasteiger partial charge in [-0.25, -0.2) is 9.59 Å². The molecule has 146 valence electrons. The van der Waals surface area contributed by atoms with Crippen LogP contribution >= 0.6 is 0 Å². The lowest BCUT2D eigenvalue weighted by Crippen LogP contribution is -2.58. The first-order valence-electron chi connectivity index (χ1n) is 9.24. The van der Waals surface area contributed by atoms with Gasteiger partial charge in [-0.1, -0.05) is 18.2 Å². The Morgan fingerprint density at radius 1 is 1.11 bits per heavy atom. The highest BCUT2D eigenvalue weighted by Gasteiger charge is 2.53. The molecule has 1 aromatic carbocycles. The Labute approximate surface area is 158 Å². The Balaban J connectivity index is 1.79. The van der Waals surface area contributed by atoms with Crippen molar-refractivity contribution < 1.29 is 23.9 Å². The van der Waals surface area contributed by atoms with Gasteiger partial charge < -0.3 is 20.1 Å². The van der Waals surface area contributed by atoms with E-state index in [1.165, 1.54) is 0 Å². The second kappa shape index (κ2) is 7.21. The predicted molar refractivity (Wildman–Crippen MR) is 97.8 cm³/mol. The molecule has 2 heterocycles. The summed E-state index contributed by atoms with van der Waals surface area (Å²) < 4.78 is 11.1. The van der Waals surface area contributed by atoms with Crippen LogP contribution in [0.5, 0.6) is 0 Å². The van der Waals surface area contributed by atoms with E-state index >= 15 is 0 Å². The molecule has 2 N–H and O–H groups in total. The summed E-state index contributed by atoms with van der Waals surface area (Å²) in [5, 5.41) is 0. The number of hydrogen-bond acceptors (Lipinski definition) is 5. The molecule has 2 aliphatic heterocycles. The number of piperidine rings is 1. The number of ether oxygens (including phenoxy) is 2. The van der Waals surface area contributed by atoms with Crippen molar-refractivity contribution >= 4 is 18.0 Å². The number of esters is 1. The molecule has 0 radical (unpaired) electrons. The van der Waals surface area contributed by atoms with Crippen LogP contribution in [0.4, 0.5) is 4.79 Å². The van der Waals surface area contributed by atoms with E-state index in [9.17, 15) is 14.4 Å². The third-order valence-electron chi connectivity index (χ3n) is 5.07. The molecule has 27 heavy (non-hydrogen) atoms. The first kappa shape index (κ1) is 19.2. The van der Waals surface area contributed by atoms with Crippen molar-refractivity contribution in [2.24, 2.45) is 11.7 Å². The maximum absolute atomic E-state index is 12.6. The van der Waals surface area contributed by atoms with Crippen molar-refractivity contribution in [1.29, 1.82) is 0 Å². The highest BCUT2D eigenvalue weighted by molar-refractivity contribution is 5.90. The fourth-order valence-electron chi connectivity index (χ4n) is 4.03. The van der Waals surface area contributed by atoms with Crippen molar-refractivity contribution in [3.05, 3.63) is 35.9 Å². The van der Waals surface area contributed by atoms with Crippen LogP contribution in [-0.2, 0) is 14.3 Å². The summed E-state index contributed by atoms with van der Waals surface area (Å²) in [7, 11) is 0. The summed E-state index contributed by atoms with van der Waals surface area (Å²) in [6, 6.07) is 8.08. The molecular weight excluding hydrogens is 348 g/mol. The molecule has 3 rings (SSSR count). The SMILES string of the molecule is CC(C)(C)OC(=O)N1[C@H]2CC[C@@H]1[C@@H](C(N)=O)[C@@H](OC(=O)c1ccccc1)C2. The van der Waals surface area contributed by atoms with Crippen molar-refractivity contribution in [3.63, 3.8) is 0 Å². The molecule has 7 nitrogen and oxygen atoms in total. The van der Waals surface area contributed by atoms with Gasteiger partial charge in [-0.15, -0.1) is 0 Å². The third-order valence-corrected chi connectivity index (χ3v) is 5.07. The van der Waals surface area contributed by atoms with Gasteiger partial charge in [0.1, 0.15) is 11.7 Å². The van der Waals surface area contributed by atoms with Gasteiger partial charge in [0, 0.05) is 12.5 Å². The minimum atomic E-state index is -0.746. The number of fused-ring (bicyclic) bond motifs is 2. The van der Waals surface area contributed by atoms with Crippen LogP contribution in [0.3, 0.4) is 0 Å². The molecule has 7 heteroatoms. The molecule has 4 atom stereocenters. The summed E-state index contributed by atoms with van der Waals surface area (Å²) in [6.45, 7) is 5.40. The van der Waals surface area contributed by atoms with Crippen LogP contribution in [0.2, 0.25) is 0 Å². The van der Waals surface area contributed by atoms with Gasteiger partial charge in [-0.2, -0.15) is 0 Å². The van der Waals surface area contributed by atoms with Crippen LogP contribution in [0.25, 0.3) is 0 Å². The summed E-state index contributed by atoms with van der Waals surface area (Å²) in [6.07, 6.45) is 0.645. The summed E-state index contributed by atoms with van der Waals surface area (Å²) in [4.78, 5) is 38.9. The zero-order valence-electron chi connectivity index (χ0n) is 15.9. The van der Waals surface area contributed by atoms with E-state index in [0.29, 0.717) is 18.4 Å². The van der Waals surface area contributed by atoms with Gasteiger partial charge in [0.25, 0.3) is 0 Å². The molecule has 2 amide bonds. The highest BCUT2D eigenvalue weighted by atomic mass is 16.6. The molecule has 2 aliphatic rings. The van der Waals surface area contributed by atoms with E-state index in [4.69, 9.17) is 15.2 Å². The summed E-state index contributed by atoms with van der Waals surface area (Å²) in [5.74, 6) is -1.80. The topological polar surface area (TPSA) is 98.9 Å². The average Bonchev–Trinajstić information content (AvgIpc) is 2.88. The Kier molecular flexibility index (Phi) is 5.13. The van der Waals surface area contributed by atoms with Gasteiger partial charge in [0.2, 0.25) is 5.91 Å². The van der Waals surface area contributed by atoms with Crippen LogP contribution in [0, 0.1) is 5.92 Å². The molecule has 0 aliphatic carbocycles. The van der Waals surface area contributed by atoms with E-state index in [1.54, 1.807) is 49.9 Å². The fraction of sp³-hybridized carbons (Fsp3) is 0.550. The number of benzene rings is 1. The first-order valence-corrected chi connectivity index (χ1v) is 9.24. The quantitative estimate of drug-likeness (QED) is 0.820. The Bertz CT molecular complexity index is 728. The Hall–Kier alpha value is -2.57. The predicted octanol–water partition coefficient (Wildman–Crippen LogP) is 2.49. The third kappa shape index (κ3) is 4.07. The summed E-state index contributed by atoms with van der Waals surface area (Å²) >= 11 is 0. The smallest absolute Gasteiger partial charge is 0.410 e. The normalized spacial score (nSPS) is 27.1. The largest absolute Gasteiger partial charge is 0.458 e. The molecule has 2 saturated heterocycles. The van der Waals surface area contributed by atoms with E-state index in [-0.39, 0.29) is 6.04 Å². The first-order chi connectivity index (χ1) is 12.7. The number of amides is 2. The Morgan fingerprint density at radius 3 is 2.37 bits per heavy atom. The van der Waals surface area contributed by atoms with Gasteiger partial charge in [-0.3, -0.25) is 4.79 Å². The molecular formula is C20H26N2O5. The van der Waals surface area contributed by atoms with Crippen LogP contribution in [0.1, 0.15) is 50.4 Å². The summed E-state index contributed by atoms with van der Waals surface area (Å²) in [5.41, 5.74) is 5.43. The molecule has 0 spiro atoms. The molecule has 2 fully saturated rings. The van der Waals surface area contributed by atoms with E-state index in [2.05, 4.69) is 0 Å². The van der Waals surface area contributed by atoms with Crippen molar-refractivity contribution in [2.75, 3.05) is 0 Å². The minimum absolute atomic E-state index is 0.131. The molecule has 1 aromatic rings. The van der Waals surface area contributed by atoms with Gasteiger partial charge in [0.15, 0.2) is 0 Å². The van der Waals surface area contributed by atoms with E-state index in [0.717, 1.165) is 6.42 Å². The van der Waals surface area contributed by atoms with Gasteiger partial charge in [-0.05, 0) is 45.7 Å². The number of carbonyl (C=O) groups is 3. The number of primary amides is 1. The molecule has 2 bridgehead atoms. The number of nitrogens with two attached hydrogens (primary N) is 1. The second-order valence-electron chi connectivity index (χ2n) is 8.16. The maximum Gasteiger partial charge on any atom is 0.410 e. The monoisotopic (exact) mass is 374 g/mol. The average molecular weight is 374 g/mol. The van der Waals surface area contributed by atoms with Crippen molar-refractivity contribution in [2.45, 2.75) is 63.8 Å².